The van der Waals surface area contributed by atoms with Gasteiger partial charge in [-0.25, -0.2) is 0 Å². The van der Waals surface area contributed by atoms with Crippen LogP contribution in [0.5, 0.6) is 0 Å². The van der Waals surface area contributed by atoms with Crippen LogP contribution in [0.3, 0.4) is 0 Å². The van der Waals surface area contributed by atoms with Crippen molar-refractivity contribution in [3.63, 3.8) is 0 Å². The normalized spacial score (nSPS) is 11.9. The highest BCUT2D eigenvalue weighted by atomic mass is 35.5. The Balaban J connectivity index is 2.10. The highest BCUT2D eigenvalue weighted by Gasteiger charge is 2.14. The molecule has 0 saturated carbocycles. The third-order valence-corrected chi connectivity index (χ3v) is 3.33. The van der Waals surface area contributed by atoms with Gasteiger partial charge in [-0.15, -0.1) is 11.6 Å². The molecule has 2 nitrogen and oxygen atoms in total. The van der Waals surface area contributed by atoms with Gasteiger partial charge in [0.05, 0.1) is 6.04 Å². The average molecular weight is 294 g/mol. The fourth-order valence-electron chi connectivity index (χ4n) is 1.74. The van der Waals surface area contributed by atoms with Crippen LogP contribution < -0.4 is 5.32 Å². The van der Waals surface area contributed by atoms with Crippen molar-refractivity contribution in [2.24, 2.45) is 0 Å². The minimum Gasteiger partial charge on any atom is -0.344 e. The van der Waals surface area contributed by atoms with Crippen molar-refractivity contribution < 1.29 is 4.79 Å². The van der Waals surface area contributed by atoms with Crippen molar-refractivity contribution >= 4 is 29.1 Å². The van der Waals surface area contributed by atoms with E-state index in [1.165, 1.54) is 0 Å². The highest BCUT2D eigenvalue weighted by Crippen LogP contribution is 2.16. The van der Waals surface area contributed by atoms with Gasteiger partial charge in [0.25, 0.3) is 5.91 Å². The van der Waals surface area contributed by atoms with Gasteiger partial charge in [-0.05, 0) is 29.8 Å². The lowest BCUT2D eigenvalue weighted by Crippen LogP contribution is -2.29. The molecule has 4 heteroatoms. The van der Waals surface area contributed by atoms with E-state index >= 15 is 0 Å². The number of carbonyl (C=O) groups excluding carboxylic acids is 1. The zero-order chi connectivity index (χ0) is 13.7. The third kappa shape index (κ3) is 3.72. The van der Waals surface area contributed by atoms with Crippen molar-refractivity contribution in [3.05, 3.63) is 70.7 Å². The van der Waals surface area contributed by atoms with Gasteiger partial charge < -0.3 is 5.32 Å². The van der Waals surface area contributed by atoms with Crippen molar-refractivity contribution in [2.75, 3.05) is 5.88 Å². The van der Waals surface area contributed by atoms with Crippen LogP contribution in [-0.4, -0.2) is 11.8 Å². The third-order valence-electron chi connectivity index (χ3n) is 2.77. The predicted molar refractivity (Wildman–Crippen MR) is 78.8 cm³/mol. The molecule has 0 fully saturated rings. The fourth-order valence-corrected chi connectivity index (χ4v) is 2.12. The summed E-state index contributed by atoms with van der Waals surface area (Å²) in [6, 6.07) is 16.2. The summed E-state index contributed by atoms with van der Waals surface area (Å²) in [6.45, 7) is 0. The van der Waals surface area contributed by atoms with E-state index in [9.17, 15) is 4.79 Å². The maximum absolute atomic E-state index is 12.1. The molecule has 0 aromatic heterocycles. The second-order valence-electron chi connectivity index (χ2n) is 4.10. The van der Waals surface area contributed by atoms with E-state index in [-0.39, 0.29) is 11.9 Å². The van der Waals surface area contributed by atoms with Crippen LogP contribution in [0.4, 0.5) is 0 Å². The molecule has 98 valence electrons. The van der Waals surface area contributed by atoms with Gasteiger partial charge in [-0.1, -0.05) is 41.9 Å². The van der Waals surface area contributed by atoms with E-state index in [0.29, 0.717) is 16.5 Å². The molecule has 0 saturated heterocycles. The first-order chi connectivity index (χ1) is 9.20. The first-order valence-electron chi connectivity index (χ1n) is 5.88. The minimum atomic E-state index is -0.203. The number of benzene rings is 2. The molecule has 0 unspecified atom stereocenters. The maximum atomic E-state index is 12.1. The number of hydrogen-bond acceptors (Lipinski definition) is 1. The van der Waals surface area contributed by atoms with Gasteiger partial charge in [0.15, 0.2) is 0 Å². The largest absolute Gasteiger partial charge is 0.344 e. The van der Waals surface area contributed by atoms with Crippen LogP contribution in [0, 0.1) is 0 Å². The number of alkyl halides is 1. The molecule has 1 amide bonds. The molecule has 0 aliphatic heterocycles. The van der Waals surface area contributed by atoms with Crippen LogP contribution in [0.15, 0.2) is 54.6 Å². The van der Waals surface area contributed by atoms with E-state index in [4.69, 9.17) is 23.2 Å². The van der Waals surface area contributed by atoms with Crippen LogP contribution in [-0.2, 0) is 0 Å². The second-order valence-corrected chi connectivity index (χ2v) is 4.84. The summed E-state index contributed by atoms with van der Waals surface area (Å²) in [7, 11) is 0. The molecular weight excluding hydrogens is 281 g/mol. The summed E-state index contributed by atoms with van der Waals surface area (Å²) >= 11 is 11.7. The van der Waals surface area contributed by atoms with Crippen molar-refractivity contribution in [2.45, 2.75) is 6.04 Å². The number of rotatable bonds is 4. The number of amides is 1. The van der Waals surface area contributed by atoms with E-state index in [0.717, 1.165) is 5.56 Å². The molecular formula is C15H13Cl2NO. The Morgan fingerprint density at radius 2 is 1.68 bits per heavy atom. The quantitative estimate of drug-likeness (QED) is 0.847. The van der Waals surface area contributed by atoms with Gasteiger partial charge in [0.2, 0.25) is 0 Å². The summed E-state index contributed by atoms with van der Waals surface area (Å²) in [6.07, 6.45) is 0. The number of halogens is 2. The molecule has 0 aliphatic rings. The SMILES string of the molecule is O=C(N[C@H](CCl)c1ccccc1)c1ccc(Cl)cc1. The molecule has 0 aliphatic carbocycles. The number of nitrogens with one attached hydrogen (secondary N) is 1. The summed E-state index contributed by atoms with van der Waals surface area (Å²) < 4.78 is 0. The molecule has 0 radical (unpaired) electrons. The van der Waals surface area contributed by atoms with E-state index in [1.54, 1.807) is 24.3 Å². The molecule has 0 bridgehead atoms. The highest BCUT2D eigenvalue weighted by molar-refractivity contribution is 6.30. The smallest absolute Gasteiger partial charge is 0.251 e. The van der Waals surface area contributed by atoms with Gasteiger partial charge >= 0.3 is 0 Å². The Kier molecular flexibility index (Phi) is 4.83. The molecule has 2 aromatic carbocycles. The molecule has 2 aromatic rings. The average Bonchev–Trinajstić information content (AvgIpc) is 2.46. The Hall–Kier alpha value is -1.51. The lowest BCUT2D eigenvalue weighted by Gasteiger charge is -2.16. The zero-order valence-electron chi connectivity index (χ0n) is 10.1. The van der Waals surface area contributed by atoms with Crippen molar-refractivity contribution in [3.8, 4) is 0 Å². The van der Waals surface area contributed by atoms with E-state index in [1.807, 2.05) is 30.3 Å². The van der Waals surface area contributed by atoms with Gasteiger partial charge in [-0.3, -0.25) is 4.79 Å². The molecule has 1 atom stereocenters. The van der Waals surface area contributed by atoms with Crippen LogP contribution in [0.2, 0.25) is 5.02 Å². The van der Waals surface area contributed by atoms with Gasteiger partial charge in [0, 0.05) is 16.5 Å². The summed E-state index contributed by atoms with van der Waals surface area (Å²) in [5, 5.41) is 3.51. The van der Waals surface area contributed by atoms with E-state index in [2.05, 4.69) is 5.32 Å². The molecule has 1 N–H and O–H groups in total. The minimum absolute atomic E-state index is 0.161. The number of carbonyl (C=O) groups is 1. The Labute approximate surface area is 122 Å². The van der Waals surface area contributed by atoms with Crippen LogP contribution in [0.1, 0.15) is 22.0 Å². The van der Waals surface area contributed by atoms with Gasteiger partial charge in [-0.2, -0.15) is 0 Å². The number of hydrogen-bond donors (Lipinski definition) is 1. The van der Waals surface area contributed by atoms with E-state index < -0.39 is 0 Å². The van der Waals surface area contributed by atoms with Crippen LogP contribution >= 0.6 is 23.2 Å². The predicted octanol–water partition coefficient (Wildman–Crippen LogP) is 4.05. The van der Waals surface area contributed by atoms with Crippen molar-refractivity contribution in [1.82, 2.24) is 5.32 Å². The molecule has 0 heterocycles. The van der Waals surface area contributed by atoms with Gasteiger partial charge in [0.1, 0.15) is 0 Å². The Bertz CT molecular complexity index is 540. The summed E-state index contributed by atoms with van der Waals surface area (Å²) in [4.78, 5) is 12.1. The Morgan fingerprint density at radius 3 is 2.26 bits per heavy atom. The topological polar surface area (TPSA) is 29.1 Å². The maximum Gasteiger partial charge on any atom is 0.251 e. The van der Waals surface area contributed by atoms with Crippen molar-refractivity contribution in [1.29, 1.82) is 0 Å². The summed E-state index contributed by atoms with van der Waals surface area (Å²) in [5.41, 5.74) is 1.55. The first-order valence-corrected chi connectivity index (χ1v) is 6.79. The standard InChI is InChI=1S/C15H13Cl2NO/c16-10-14(11-4-2-1-3-5-11)18-15(19)12-6-8-13(17)9-7-12/h1-9,14H,10H2,(H,18,19)/t14-/m1/s1. The summed E-state index contributed by atoms with van der Waals surface area (Å²) in [5.74, 6) is 0.162. The molecule has 2 rings (SSSR count). The molecule has 0 spiro atoms. The first kappa shape index (κ1) is 13.9. The zero-order valence-corrected chi connectivity index (χ0v) is 11.7. The second kappa shape index (κ2) is 6.60. The lowest BCUT2D eigenvalue weighted by atomic mass is 10.1. The Morgan fingerprint density at radius 1 is 1.05 bits per heavy atom. The monoisotopic (exact) mass is 293 g/mol. The fraction of sp³-hybridized carbons (Fsp3) is 0.133. The molecule has 19 heavy (non-hydrogen) atoms. The lowest BCUT2D eigenvalue weighted by molar-refractivity contribution is 0.0940. The van der Waals surface area contributed by atoms with Crippen LogP contribution in [0.25, 0.3) is 0 Å².